The van der Waals surface area contributed by atoms with E-state index in [0.29, 0.717) is 11.5 Å². The summed E-state index contributed by atoms with van der Waals surface area (Å²) in [6.45, 7) is 0.732. The Hall–Kier alpha value is -3.29. The molecule has 3 N–H and O–H groups in total. The summed E-state index contributed by atoms with van der Waals surface area (Å²) in [5.74, 6) is 6.82. The van der Waals surface area contributed by atoms with Crippen LogP contribution in [0.4, 0.5) is 5.82 Å². The lowest BCUT2D eigenvalue weighted by molar-refractivity contribution is 0.395. The number of hydrogen-bond acceptors (Lipinski definition) is 4. The average Bonchev–Trinajstić information content (AvgIpc) is 3.05. The number of hydrogen-bond donors (Lipinski definition) is 2. The van der Waals surface area contributed by atoms with Crippen LogP contribution >= 0.6 is 0 Å². The molecule has 4 nitrogen and oxygen atoms in total. The van der Waals surface area contributed by atoms with Gasteiger partial charge in [0, 0.05) is 29.4 Å². The molecule has 0 unspecified atom stereocenters. The van der Waals surface area contributed by atoms with E-state index in [0.717, 1.165) is 23.4 Å². The van der Waals surface area contributed by atoms with Gasteiger partial charge in [0.15, 0.2) is 0 Å². The number of nitrogens with two attached hydrogens (primary N) is 1. The van der Waals surface area contributed by atoms with Crippen molar-refractivity contribution < 1.29 is 0 Å². The van der Waals surface area contributed by atoms with Gasteiger partial charge < -0.3 is 5.73 Å². The van der Waals surface area contributed by atoms with Gasteiger partial charge in [0.2, 0.25) is 0 Å². The number of pyridine rings is 1. The van der Waals surface area contributed by atoms with Gasteiger partial charge in [-0.2, -0.15) is 0 Å². The van der Waals surface area contributed by atoms with Gasteiger partial charge in [-0.05, 0) is 42.3 Å². The van der Waals surface area contributed by atoms with Gasteiger partial charge >= 0.3 is 0 Å². The van der Waals surface area contributed by atoms with Gasteiger partial charge in [0.25, 0.3) is 0 Å². The highest BCUT2D eigenvalue weighted by Crippen LogP contribution is 2.29. The van der Waals surface area contributed by atoms with Crippen molar-refractivity contribution in [2.75, 3.05) is 12.3 Å². The minimum atomic E-state index is 0.476. The molecule has 0 bridgehead atoms. The minimum absolute atomic E-state index is 0.476. The van der Waals surface area contributed by atoms with Crippen LogP contribution in [0.1, 0.15) is 16.8 Å². The summed E-state index contributed by atoms with van der Waals surface area (Å²) in [6, 6.07) is 13.7. The fourth-order valence-electron chi connectivity index (χ4n) is 2.78. The standard InChI is InChI=1S/C20H16N4/c21-20-12-10-16(17-14-22-24-13-5-4-8-19(17)24)18(23-20)11-9-15-6-2-1-3-7-15/h1-8,10,12-13,22H,14H2,(H2,21,23). The number of nitrogen functional groups attached to an aromatic ring is 1. The molecule has 0 amide bonds. The highest BCUT2D eigenvalue weighted by Gasteiger charge is 2.23. The molecule has 24 heavy (non-hydrogen) atoms. The first-order chi connectivity index (χ1) is 11.8. The lowest BCUT2D eigenvalue weighted by Crippen LogP contribution is -2.26. The van der Waals surface area contributed by atoms with E-state index in [1.165, 1.54) is 5.57 Å². The number of hydrazine groups is 1. The summed E-state index contributed by atoms with van der Waals surface area (Å²) in [6.07, 6.45) is 8.11. The molecule has 0 atom stereocenters. The molecule has 0 radical (unpaired) electrons. The van der Waals surface area contributed by atoms with Crippen molar-refractivity contribution in [3.05, 3.63) is 89.4 Å². The first-order valence-corrected chi connectivity index (χ1v) is 7.76. The summed E-state index contributed by atoms with van der Waals surface area (Å²) in [5, 5.41) is 2.01. The van der Waals surface area contributed by atoms with Gasteiger partial charge in [-0.25, -0.2) is 10.4 Å². The van der Waals surface area contributed by atoms with Crippen LogP contribution in [0, 0.1) is 11.8 Å². The Bertz CT molecular complexity index is 927. The minimum Gasteiger partial charge on any atom is -0.384 e. The number of fused-ring (bicyclic) bond motifs is 1. The van der Waals surface area contributed by atoms with Crippen molar-refractivity contribution in [1.29, 1.82) is 0 Å². The van der Waals surface area contributed by atoms with Crippen molar-refractivity contribution >= 4 is 11.4 Å². The Balaban J connectivity index is 1.79. The topological polar surface area (TPSA) is 54.2 Å². The van der Waals surface area contributed by atoms with Crippen molar-refractivity contribution in [3.63, 3.8) is 0 Å². The van der Waals surface area contributed by atoms with Crippen LogP contribution in [0.2, 0.25) is 0 Å². The Morgan fingerprint density at radius 1 is 1.04 bits per heavy atom. The van der Waals surface area contributed by atoms with Crippen LogP contribution in [0.25, 0.3) is 5.57 Å². The molecule has 3 heterocycles. The van der Waals surface area contributed by atoms with Crippen LogP contribution in [0.5, 0.6) is 0 Å². The molecular weight excluding hydrogens is 296 g/mol. The normalized spacial score (nSPS) is 15.2. The monoisotopic (exact) mass is 312 g/mol. The lowest BCUT2D eigenvalue weighted by atomic mass is 10.0. The molecule has 0 aliphatic carbocycles. The predicted octanol–water partition coefficient (Wildman–Crippen LogP) is 2.68. The molecule has 0 spiro atoms. The summed E-state index contributed by atoms with van der Waals surface area (Å²) in [4.78, 5) is 4.45. The molecular formula is C20H16N4. The lowest BCUT2D eigenvalue weighted by Gasteiger charge is -2.17. The van der Waals surface area contributed by atoms with Crippen molar-refractivity contribution in [1.82, 2.24) is 15.4 Å². The molecule has 0 saturated heterocycles. The van der Waals surface area contributed by atoms with Crippen LogP contribution in [0.15, 0.2) is 72.6 Å². The fourth-order valence-corrected chi connectivity index (χ4v) is 2.78. The van der Waals surface area contributed by atoms with Gasteiger partial charge in [0.05, 0.1) is 5.70 Å². The average molecular weight is 312 g/mol. The zero-order chi connectivity index (χ0) is 16.4. The maximum absolute atomic E-state index is 5.88. The van der Waals surface area contributed by atoms with E-state index < -0.39 is 0 Å². The van der Waals surface area contributed by atoms with E-state index in [4.69, 9.17) is 5.73 Å². The predicted molar refractivity (Wildman–Crippen MR) is 96.1 cm³/mol. The third-order valence-corrected chi connectivity index (χ3v) is 3.94. The van der Waals surface area contributed by atoms with Crippen molar-refractivity contribution in [2.24, 2.45) is 0 Å². The SMILES string of the molecule is Nc1ccc(C2=C3C=CC=CN3NC2)c(C#Cc2ccccc2)n1. The molecule has 2 aromatic rings. The Morgan fingerprint density at radius 2 is 1.92 bits per heavy atom. The van der Waals surface area contributed by atoms with E-state index in [9.17, 15) is 0 Å². The molecule has 1 aromatic heterocycles. The van der Waals surface area contributed by atoms with Gasteiger partial charge in [-0.3, -0.25) is 5.01 Å². The Morgan fingerprint density at radius 3 is 2.79 bits per heavy atom. The molecule has 0 fully saturated rings. The first kappa shape index (κ1) is 14.3. The molecule has 4 heteroatoms. The maximum Gasteiger partial charge on any atom is 0.124 e. The summed E-state index contributed by atoms with van der Waals surface area (Å²) in [7, 11) is 0. The smallest absolute Gasteiger partial charge is 0.124 e. The largest absolute Gasteiger partial charge is 0.384 e. The van der Waals surface area contributed by atoms with E-state index >= 15 is 0 Å². The maximum atomic E-state index is 5.88. The third-order valence-electron chi connectivity index (χ3n) is 3.94. The Kier molecular flexibility index (Phi) is 3.62. The van der Waals surface area contributed by atoms with E-state index in [1.807, 2.05) is 65.8 Å². The van der Waals surface area contributed by atoms with E-state index in [-0.39, 0.29) is 0 Å². The van der Waals surface area contributed by atoms with E-state index in [1.54, 1.807) is 0 Å². The van der Waals surface area contributed by atoms with Crippen LogP contribution in [-0.2, 0) is 0 Å². The van der Waals surface area contributed by atoms with E-state index in [2.05, 4.69) is 28.3 Å². The Labute approximate surface area is 141 Å². The summed E-state index contributed by atoms with van der Waals surface area (Å²) in [5.41, 5.74) is 14.2. The number of allylic oxidation sites excluding steroid dienone is 3. The summed E-state index contributed by atoms with van der Waals surface area (Å²) < 4.78 is 0. The second-order valence-corrected chi connectivity index (χ2v) is 5.52. The molecule has 2 aliphatic rings. The second-order valence-electron chi connectivity index (χ2n) is 5.52. The highest BCUT2D eigenvalue weighted by molar-refractivity contribution is 5.77. The van der Waals surface area contributed by atoms with Gasteiger partial charge in [-0.15, -0.1) is 0 Å². The van der Waals surface area contributed by atoms with Gasteiger partial charge in [0.1, 0.15) is 11.5 Å². The van der Waals surface area contributed by atoms with Crippen LogP contribution < -0.4 is 11.2 Å². The fraction of sp³-hybridized carbons (Fsp3) is 0.0500. The molecule has 4 rings (SSSR count). The highest BCUT2D eigenvalue weighted by atomic mass is 15.5. The van der Waals surface area contributed by atoms with Crippen molar-refractivity contribution in [2.45, 2.75) is 0 Å². The number of benzene rings is 1. The molecule has 1 aromatic carbocycles. The number of rotatable bonds is 1. The third kappa shape index (κ3) is 2.69. The number of aromatic nitrogens is 1. The first-order valence-electron chi connectivity index (χ1n) is 7.76. The molecule has 116 valence electrons. The number of nitrogens with zero attached hydrogens (tertiary/aromatic N) is 2. The molecule has 0 saturated carbocycles. The van der Waals surface area contributed by atoms with Crippen LogP contribution in [0.3, 0.4) is 0 Å². The zero-order valence-electron chi connectivity index (χ0n) is 13.0. The van der Waals surface area contributed by atoms with Crippen molar-refractivity contribution in [3.8, 4) is 11.8 Å². The summed E-state index contributed by atoms with van der Waals surface area (Å²) >= 11 is 0. The quantitative estimate of drug-likeness (QED) is 0.795. The van der Waals surface area contributed by atoms with Gasteiger partial charge in [-0.1, -0.05) is 30.2 Å². The number of nitrogens with one attached hydrogen (secondary N) is 1. The molecule has 2 aliphatic heterocycles. The number of anilines is 1. The van der Waals surface area contributed by atoms with Crippen LogP contribution in [-0.4, -0.2) is 16.5 Å². The zero-order valence-corrected chi connectivity index (χ0v) is 13.0. The second kappa shape index (κ2) is 6.07.